The van der Waals surface area contributed by atoms with Gasteiger partial charge < -0.3 is 10.6 Å². The lowest BCUT2D eigenvalue weighted by Gasteiger charge is -2.24. The van der Waals surface area contributed by atoms with Gasteiger partial charge in [-0.25, -0.2) is 8.42 Å². The lowest BCUT2D eigenvalue weighted by molar-refractivity contribution is 0.555. The quantitative estimate of drug-likeness (QED) is 0.594. The number of hydrogen-bond donors (Lipinski definition) is 2. The summed E-state index contributed by atoms with van der Waals surface area (Å²) in [5, 5.41) is 6.62. The van der Waals surface area contributed by atoms with E-state index >= 15 is 0 Å². The molecule has 2 N–H and O–H groups in total. The van der Waals surface area contributed by atoms with Gasteiger partial charge in [-0.3, -0.25) is 4.99 Å². The predicted octanol–water partition coefficient (Wildman–Crippen LogP) is 0.872. The highest BCUT2D eigenvalue weighted by atomic mass is 32.2. The molecular weight excluding hydrogens is 294 g/mol. The first kappa shape index (κ1) is 15.9. The Labute approximate surface area is 126 Å². The Kier molecular flexibility index (Phi) is 5.23. The van der Waals surface area contributed by atoms with Gasteiger partial charge in [0.15, 0.2) is 15.8 Å². The molecule has 0 radical (unpaired) electrons. The summed E-state index contributed by atoms with van der Waals surface area (Å²) in [5.41, 5.74) is 0. The summed E-state index contributed by atoms with van der Waals surface area (Å²) in [7, 11) is -1.03. The van der Waals surface area contributed by atoms with Crippen LogP contribution in [-0.2, 0) is 9.84 Å². The van der Waals surface area contributed by atoms with Gasteiger partial charge in [0, 0.05) is 24.9 Å². The molecule has 2 atom stereocenters. The van der Waals surface area contributed by atoms with Crippen molar-refractivity contribution in [2.45, 2.75) is 30.9 Å². The van der Waals surface area contributed by atoms with Crippen LogP contribution in [-0.4, -0.2) is 56.5 Å². The second kappa shape index (κ2) is 6.56. The van der Waals surface area contributed by atoms with Gasteiger partial charge in [0.05, 0.1) is 11.5 Å². The van der Waals surface area contributed by atoms with Crippen LogP contribution in [0.1, 0.15) is 26.2 Å². The van der Waals surface area contributed by atoms with Crippen LogP contribution in [0.2, 0.25) is 0 Å². The van der Waals surface area contributed by atoms with E-state index < -0.39 is 9.84 Å². The molecule has 20 heavy (non-hydrogen) atoms. The van der Waals surface area contributed by atoms with Gasteiger partial charge in [0.25, 0.3) is 0 Å². The molecule has 0 aliphatic carbocycles. The minimum absolute atomic E-state index is 0.218. The summed E-state index contributed by atoms with van der Waals surface area (Å²) in [6.45, 7) is 3.87. The first-order valence-corrected chi connectivity index (χ1v) is 10.0. The lowest BCUT2D eigenvalue weighted by Crippen LogP contribution is -2.45. The zero-order valence-electron chi connectivity index (χ0n) is 12.3. The topological polar surface area (TPSA) is 70.6 Å². The summed E-state index contributed by atoms with van der Waals surface area (Å²) >= 11 is 2.02. The van der Waals surface area contributed by atoms with E-state index in [1.54, 1.807) is 7.05 Å². The van der Waals surface area contributed by atoms with Crippen molar-refractivity contribution < 1.29 is 8.42 Å². The number of hydrogen-bond acceptors (Lipinski definition) is 4. The highest BCUT2D eigenvalue weighted by Gasteiger charge is 2.30. The molecular formula is C13H25N3O2S2. The van der Waals surface area contributed by atoms with E-state index in [9.17, 15) is 8.42 Å². The van der Waals surface area contributed by atoms with E-state index in [0.717, 1.165) is 18.9 Å². The first-order valence-electron chi connectivity index (χ1n) is 7.21. The van der Waals surface area contributed by atoms with Crippen LogP contribution < -0.4 is 10.6 Å². The number of sulfone groups is 1. The highest BCUT2D eigenvalue weighted by molar-refractivity contribution is 8.00. The minimum Gasteiger partial charge on any atom is -0.356 e. The summed E-state index contributed by atoms with van der Waals surface area (Å²) in [6, 6.07) is 0. The van der Waals surface area contributed by atoms with Gasteiger partial charge in [0.1, 0.15) is 0 Å². The smallest absolute Gasteiger partial charge is 0.191 e. The number of thioether (sulfide) groups is 1. The SMILES string of the molecule is CN=C(NCC1CCS(=O)(=O)C1)NCC1(C)CCCS1. The average Bonchev–Trinajstić information content (AvgIpc) is 2.96. The van der Waals surface area contributed by atoms with E-state index in [-0.39, 0.29) is 5.92 Å². The fourth-order valence-electron chi connectivity index (χ4n) is 2.74. The van der Waals surface area contributed by atoms with E-state index in [2.05, 4.69) is 22.5 Å². The lowest BCUT2D eigenvalue weighted by atomic mass is 10.1. The van der Waals surface area contributed by atoms with Crippen molar-refractivity contribution in [3.8, 4) is 0 Å². The molecule has 5 nitrogen and oxygen atoms in total. The Morgan fingerprint density at radius 2 is 2.25 bits per heavy atom. The van der Waals surface area contributed by atoms with E-state index in [1.807, 2.05) is 11.8 Å². The molecule has 2 unspecified atom stereocenters. The Morgan fingerprint density at radius 1 is 1.45 bits per heavy atom. The average molecular weight is 319 g/mol. The minimum atomic E-state index is -2.79. The molecule has 2 aliphatic rings. The van der Waals surface area contributed by atoms with Crippen molar-refractivity contribution in [2.75, 3.05) is 37.4 Å². The van der Waals surface area contributed by atoms with Crippen molar-refractivity contribution in [1.82, 2.24) is 10.6 Å². The Balaban J connectivity index is 1.73. The third kappa shape index (κ3) is 4.55. The molecule has 0 aromatic rings. The Morgan fingerprint density at radius 3 is 2.80 bits per heavy atom. The third-order valence-corrected chi connectivity index (χ3v) is 7.41. The number of nitrogens with one attached hydrogen (secondary N) is 2. The highest BCUT2D eigenvalue weighted by Crippen LogP contribution is 2.36. The largest absolute Gasteiger partial charge is 0.356 e. The first-order chi connectivity index (χ1) is 9.42. The van der Waals surface area contributed by atoms with Gasteiger partial charge in [-0.1, -0.05) is 0 Å². The molecule has 0 saturated carbocycles. The van der Waals surface area contributed by atoms with E-state index in [1.165, 1.54) is 18.6 Å². The van der Waals surface area contributed by atoms with E-state index in [4.69, 9.17) is 0 Å². The molecule has 116 valence electrons. The standard InChI is InChI=1S/C13H25N3O2S2/c1-13(5-3-6-19-13)10-16-12(14-2)15-8-11-4-7-20(17,18)9-11/h11H,3-10H2,1-2H3,(H2,14,15,16). The van der Waals surface area contributed by atoms with Crippen LogP contribution in [0.25, 0.3) is 0 Å². The monoisotopic (exact) mass is 319 g/mol. The fraction of sp³-hybridized carbons (Fsp3) is 0.923. The second-order valence-electron chi connectivity index (χ2n) is 5.98. The second-order valence-corrected chi connectivity index (χ2v) is 9.89. The van der Waals surface area contributed by atoms with Gasteiger partial charge in [-0.2, -0.15) is 11.8 Å². The van der Waals surface area contributed by atoms with Crippen LogP contribution in [0, 0.1) is 5.92 Å². The van der Waals surface area contributed by atoms with Crippen LogP contribution in [0.5, 0.6) is 0 Å². The summed E-state index contributed by atoms with van der Waals surface area (Å²) < 4.78 is 23.1. The van der Waals surface area contributed by atoms with Gasteiger partial charge in [-0.15, -0.1) is 0 Å². The van der Waals surface area contributed by atoms with E-state index in [0.29, 0.717) is 22.8 Å². The molecule has 0 bridgehead atoms. The zero-order valence-corrected chi connectivity index (χ0v) is 13.9. The fourth-order valence-corrected chi connectivity index (χ4v) is 5.85. The Hall–Kier alpha value is -0.430. The molecule has 0 aromatic heterocycles. The van der Waals surface area contributed by atoms with Gasteiger partial charge >= 0.3 is 0 Å². The molecule has 0 amide bonds. The van der Waals surface area contributed by atoms with Gasteiger partial charge in [-0.05, 0) is 37.9 Å². The normalized spacial score (nSPS) is 33.3. The molecule has 2 heterocycles. The zero-order chi connectivity index (χ0) is 14.6. The molecule has 2 saturated heterocycles. The maximum Gasteiger partial charge on any atom is 0.191 e. The van der Waals surface area contributed by atoms with Gasteiger partial charge in [0.2, 0.25) is 0 Å². The van der Waals surface area contributed by atoms with Crippen LogP contribution in [0.4, 0.5) is 0 Å². The molecule has 0 spiro atoms. The predicted molar refractivity (Wildman–Crippen MR) is 86.2 cm³/mol. The van der Waals surface area contributed by atoms with Crippen LogP contribution in [0.3, 0.4) is 0 Å². The Bertz CT molecular complexity index is 456. The van der Waals surface area contributed by atoms with Crippen molar-refractivity contribution in [2.24, 2.45) is 10.9 Å². The van der Waals surface area contributed by atoms with Crippen molar-refractivity contribution >= 4 is 27.6 Å². The summed E-state index contributed by atoms with van der Waals surface area (Å²) in [4.78, 5) is 4.21. The summed E-state index contributed by atoms with van der Waals surface area (Å²) in [5.74, 6) is 2.88. The molecule has 0 aromatic carbocycles. The molecule has 2 aliphatic heterocycles. The van der Waals surface area contributed by atoms with Crippen molar-refractivity contribution in [3.05, 3.63) is 0 Å². The molecule has 2 rings (SSSR count). The third-order valence-electron chi connectivity index (χ3n) is 4.04. The summed E-state index contributed by atoms with van der Waals surface area (Å²) in [6.07, 6.45) is 3.29. The number of rotatable bonds is 4. The molecule has 2 fully saturated rings. The number of guanidine groups is 1. The van der Waals surface area contributed by atoms with Crippen molar-refractivity contribution in [1.29, 1.82) is 0 Å². The maximum atomic E-state index is 11.4. The number of nitrogens with zero attached hydrogens (tertiary/aromatic N) is 1. The maximum absolute atomic E-state index is 11.4. The number of aliphatic imine (C=N–C) groups is 1. The molecule has 7 heteroatoms. The van der Waals surface area contributed by atoms with Crippen LogP contribution >= 0.6 is 11.8 Å². The van der Waals surface area contributed by atoms with Crippen LogP contribution in [0.15, 0.2) is 4.99 Å². The van der Waals surface area contributed by atoms with Crippen molar-refractivity contribution in [3.63, 3.8) is 0 Å².